The average molecular weight is 217 g/mol. The molecule has 15 heavy (non-hydrogen) atoms. The number of nitrogens with one attached hydrogen (secondary N) is 1. The summed E-state index contributed by atoms with van der Waals surface area (Å²) in [5.74, 6) is -0.434. The fourth-order valence-electron chi connectivity index (χ4n) is 1.05. The minimum Gasteiger partial charge on any atom is -0.469 e. The summed E-state index contributed by atoms with van der Waals surface area (Å²) in [5, 5.41) is 2.55. The van der Waals surface area contributed by atoms with Gasteiger partial charge in [-0.1, -0.05) is 0 Å². The van der Waals surface area contributed by atoms with Crippen LogP contribution in [0.5, 0.6) is 0 Å². The summed E-state index contributed by atoms with van der Waals surface area (Å²) in [6.45, 7) is 3.70. The third-order valence-electron chi connectivity index (χ3n) is 2.13. The Morgan fingerprint density at radius 3 is 2.33 bits per heavy atom. The summed E-state index contributed by atoms with van der Waals surface area (Å²) in [6.07, 6.45) is 0.737. The molecule has 5 nitrogen and oxygen atoms in total. The number of ether oxygens (including phenoxy) is 2. The van der Waals surface area contributed by atoms with Crippen LogP contribution < -0.4 is 5.32 Å². The van der Waals surface area contributed by atoms with Crippen LogP contribution in [0.1, 0.15) is 26.7 Å². The van der Waals surface area contributed by atoms with Crippen molar-refractivity contribution in [3.05, 3.63) is 0 Å². The molecule has 0 saturated heterocycles. The molecule has 5 heteroatoms. The van der Waals surface area contributed by atoms with E-state index in [2.05, 4.69) is 14.8 Å². The predicted molar refractivity (Wildman–Crippen MR) is 55.0 cm³/mol. The third-order valence-corrected chi connectivity index (χ3v) is 2.13. The summed E-state index contributed by atoms with van der Waals surface area (Å²) < 4.78 is 9.32. The molecule has 0 aromatic heterocycles. The van der Waals surface area contributed by atoms with Gasteiger partial charge in [0.15, 0.2) is 0 Å². The zero-order valence-electron chi connectivity index (χ0n) is 9.75. The number of hydrogen-bond acceptors (Lipinski definition) is 4. The lowest BCUT2D eigenvalue weighted by atomic mass is 9.88. The molecule has 0 aromatic carbocycles. The van der Waals surface area contributed by atoms with Gasteiger partial charge in [-0.05, 0) is 20.3 Å². The highest BCUT2D eigenvalue weighted by Gasteiger charge is 2.28. The van der Waals surface area contributed by atoms with Gasteiger partial charge in [0.2, 0.25) is 5.91 Å². The molecule has 0 radical (unpaired) electrons. The van der Waals surface area contributed by atoms with Gasteiger partial charge in [0, 0.05) is 13.5 Å². The van der Waals surface area contributed by atoms with Crippen LogP contribution >= 0.6 is 0 Å². The Balaban J connectivity index is 3.92. The van der Waals surface area contributed by atoms with Crippen LogP contribution in [0, 0.1) is 5.41 Å². The molecule has 0 rings (SSSR count). The van der Waals surface area contributed by atoms with Gasteiger partial charge in [-0.2, -0.15) is 0 Å². The van der Waals surface area contributed by atoms with Gasteiger partial charge < -0.3 is 14.8 Å². The second kappa shape index (κ2) is 6.40. The van der Waals surface area contributed by atoms with E-state index in [4.69, 9.17) is 0 Å². The molecule has 0 aliphatic rings. The average Bonchev–Trinajstić information content (AvgIpc) is 2.22. The van der Waals surface area contributed by atoms with Crippen molar-refractivity contribution in [1.29, 1.82) is 0 Å². The molecule has 0 atom stereocenters. The van der Waals surface area contributed by atoms with E-state index in [-0.39, 0.29) is 25.0 Å². The van der Waals surface area contributed by atoms with Gasteiger partial charge in [-0.25, -0.2) is 0 Å². The maximum atomic E-state index is 11.3. The molecule has 0 fully saturated rings. The number of hydrogen-bond donors (Lipinski definition) is 1. The number of methoxy groups -OCH3 is 2. The van der Waals surface area contributed by atoms with E-state index in [0.717, 1.165) is 0 Å². The lowest BCUT2D eigenvalue weighted by Gasteiger charge is -2.20. The minimum atomic E-state index is -0.626. The molecule has 1 N–H and O–H groups in total. The Morgan fingerprint density at radius 1 is 1.27 bits per heavy atom. The predicted octanol–water partition coefficient (Wildman–Crippen LogP) is 0.686. The molecule has 0 saturated carbocycles. The van der Waals surface area contributed by atoms with Crippen molar-refractivity contribution in [2.45, 2.75) is 26.7 Å². The van der Waals surface area contributed by atoms with Crippen molar-refractivity contribution in [2.24, 2.45) is 5.41 Å². The highest BCUT2D eigenvalue weighted by molar-refractivity contribution is 5.79. The van der Waals surface area contributed by atoms with Gasteiger partial charge in [0.1, 0.15) is 6.73 Å². The fraction of sp³-hybridized carbons (Fsp3) is 0.800. The Hall–Kier alpha value is -1.10. The van der Waals surface area contributed by atoms with E-state index >= 15 is 0 Å². The molecule has 1 amide bonds. The van der Waals surface area contributed by atoms with Gasteiger partial charge in [0.25, 0.3) is 0 Å². The maximum Gasteiger partial charge on any atom is 0.311 e. The van der Waals surface area contributed by atoms with Gasteiger partial charge in [-0.3, -0.25) is 9.59 Å². The first-order valence-corrected chi connectivity index (χ1v) is 4.78. The van der Waals surface area contributed by atoms with E-state index in [1.807, 2.05) is 0 Å². The van der Waals surface area contributed by atoms with Crippen molar-refractivity contribution in [2.75, 3.05) is 21.0 Å². The number of rotatable bonds is 6. The normalized spacial score (nSPS) is 10.9. The first-order valence-electron chi connectivity index (χ1n) is 4.78. The molecule has 0 bridgehead atoms. The van der Waals surface area contributed by atoms with E-state index in [9.17, 15) is 9.59 Å². The van der Waals surface area contributed by atoms with E-state index in [0.29, 0.717) is 6.42 Å². The van der Waals surface area contributed by atoms with Gasteiger partial charge in [-0.15, -0.1) is 0 Å². The quantitative estimate of drug-likeness (QED) is 0.525. The topological polar surface area (TPSA) is 64.6 Å². The Labute approximate surface area is 90.1 Å². The molecule has 0 aliphatic heterocycles. The summed E-state index contributed by atoms with van der Waals surface area (Å²) in [7, 11) is 2.84. The van der Waals surface area contributed by atoms with Crippen molar-refractivity contribution in [3.8, 4) is 0 Å². The monoisotopic (exact) mass is 217 g/mol. The lowest BCUT2D eigenvalue weighted by molar-refractivity contribution is -0.151. The van der Waals surface area contributed by atoms with E-state index < -0.39 is 5.41 Å². The Kier molecular flexibility index (Phi) is 5.93. The molecule has 0 aromatic rings. The van der Waals surface area contributed by atoms with E-state index in [1.165, 1.54) is 14.2 Å². The molecule has 0 aliphatic carbocycles. The summed E-state index contributed by atoms with van der Waals surface area (Å²) in [4.78, 5) is 22.5. The molecule has 0 heterocycles. The van der Waals surface area contributed by atoms with Crippen molar-refractivity contribution >= 4 is 11.9 Å². The number of carbonyl (C=O) groups is 2. The lowest BCUT2D eigenvalue weighted by Crippen LogP contribution is -2.30. The van der Waals surface area contributed by atoms with Crippen LogP contribution in [0.15, 0.2) is 0 Å². The number of carbonyl (C=O) groups excluding carboxylic acids is 2. The van der Waals surface area contributed by atoms with Crippen LogP contribution in [-0.2, 0) is 19.1 Å². The van der Waals surface area contributed by atoms with Gasteiger partial charge >= 0.3 is 5.97 Å². The Morgan fingerprint density at radius 2 is 1.87 bits per heavy atom. The van der Waals surface area contributed by atoms with Crippen LogP contribution in [0.25, 0.3) is 0 Å². The zero-order valence-corrected chi connectivity index (χ0v) is 9.75. The first kappa shape index (κ1) is 13.9. The van der Waals surface area contributed by atoms with Crippen molar-refractivity contribution in [1.82, 2.24) is 5.32 Å². The standard InChI is InChI=1S/C10H19NO4/c1-10(2,9(13)15-4)6-5-8(12)11-7-14-3/h5-7H2,1-4H3,(H,11,12). The number of esters is 1. The molecule has 0 unspecified atom stereocenters. The van der Waals surface area contributed by atoms with Crippen molar-refractivity contribution in [3.63, 3.8) is 0 Å². The zero-order chi connectivity index (χ0) is 11.9. The molecule has 88 valence electrons. The first-order chi connectivity index (χ1) is 6.94. The van der Waals surface area contributed by atoms with Gasteiger partial charge in [0.05, 0.1) is 12.5 Å². The highest BCUT2D eigenvalue weighted by Crippen LogP contribution is 2.23. The fourth-order valence-corrected chi connectivity index (χ4v) is 1.05. The molecular weight excluding hydrogens is 198 g/mol. The summed E-state index contributed by atoms with van der Waals surface area (Å²) in [5.41, 5.74) is -0.626. The maximum absolute atomic E-state index is 11.3. The smallest absolute Gasteiger partial charge is 0.311 e. The van der Waals surface area contributed by atoms with E-state index in [1.54, 1.807) is 13.8 Å². The molecular formula is C10H19NO4. The largest absolute Gasteiger partial charge is 0.469 e. The van der Waals surface area contributed by atoms with Crippen molar-refractivity contribution < 1.29 is 19.1 Å². The second-order valence-corrected chi connectivity index (χ2v) is 3.91. The number of amides is 1. The SMILES string of the molecule is COCNC(=O)CCC(C)(C)C(=O)OC. The van der Waals surface area contributed by atoms with Crippen LogP contribution in [0.2, 0.25) is 0 Å². The van der Waals surface area contributed by atoms with Crippen LogP contribution in [-0.4, -0.2) is 32.8 Å². The summed E-state index contributed by atoms with van der Waals surface area (Å²) in [6, 6.07) is 0. The Bertz CT molecular complexity index is 225. The third kappa shape index (κ3) is 5.37. The summed E-state index contributed by atoms with van der Waals surface area (Å²) >= 11 is 0. The highest BCUT2D eigenvalue weighted by atomic mass is 16.5. The van der Waals surface area contributed by atoms with Crippen LogP contribution in [0.4, 0.5) is 0 Å². The van der Waals surface area contributed by atoms with Crippen LogP contribution in [0.3, 0.4) is 0 Å². The minimum absolute atomic E-state index is 0.131. The molecule has 0 spiro atoms. The second-order valence-electron chi connectivity index (χ2n) is 3.91.